The molecule has 0 N–H and O–H groups in total. The lowest BCUT2D eigenvalue weighted by atomic mass is 10.1. The second-order valence-electron chi connectivity index (χ2n) is 4.08. The number of carbonyl (C=O) groups is 1. The predicted octanol–water partition coefficient (Wildman–Crippen LogP) is 1.65. The van der Waals surface area contributed by atoms with Gasteiger partial charge in [-0.1, -0.05) is 0 Å². The molecule has 0 spiro atoms. The second-order valence-corrected chi connectivity index (χ2v) is 4.08. The predicted molar refractivity (Wildman–Crippen MR) is 57.7 cm³/mol. The maximum Gasteiger partial charge on any atom is 0.260 e. The molecule has 4 heteroatoms. The van der Waals surface area contributed by atoms with Crippen molar-refractivity contribution in [2.75, 3.05) is 13.7 Å². The molecular weight excluding hydrogens is 206 g/mol. The van der Waals surface area contributed by atoms with Gasteiger partial charge in [0.15, 0.2) is 6.23 Å². The van der Waals surface area contributed by atoms with E-state index >= 15 is 0 Å². The summed E-state index contributed by atoms with van der Waals surface area (Å²) in [6.07, 6.45) is 1.88. The van der Waals surface area contributed by atoms with Crippen LogP contribution in [-0.4, -0.2) is 30.7 Å². The first-order valence-electron chi connectivity index (χ1n) is 5.45. The molecule has 4 nitrogen and oxygen atoms in total. The molecule has 1 saturated heterocycles. The smallest absolute Gasteiger partial charge is 0.260 e. The molecule has 16 heavy (non-hydrogen) atoms. The number of amides is 1. The van der Waals surface area contributed by atoms with E-state index in [2.05, 4.69) is 0 Å². The maximum absolute atomic E-state index is 12.2. The third-order valence-electron chi connectivity index (χ3n) is 3.14. The normalized spacial score (nSPS) is 22.4. The van der Waals surface area contributed by atoms with Gasteiger partial charge in [0.2, 0.25) is 0 Å². The Balaban J connectivity index is 2.04. The molecule has 1 fully saturated rings. The minimum absolute atomic E-state index is 0.0580. The highest BCUT2D eigenvalue weighted by molar-refractivity contribution is 5.98. The monoisotopic (exact) mass is 219 g/mol. The zero-order valence-corrected chi connectivity index (χ0v) is 9.10. The zero-order valence-electron chi connectivity index (χ0n) is 9.10. The Hall–Kier alpha value is -1.71. The van der Waals surface area contributed by atoms with Crippen molar-refractivity contribution in [3.8, 4) is 11.5 Å². The highest BCUT2D eigenvalue weighted by Crippen LogP contribution is 2.34. The molecule has 1 atom stereocenters. The molecule has 3 rings (SSSR count). The van der Waals surface area contributed by atoms with Gasteiger partial charge >= 0.3 is 0 Å². The van der Waals surface area contributed by atoms with E-state index in [1.165, 1.54) is 0 Å². The molecule has 0 saturated carbocycles. The minimum Gasteiger partial charge on any atom is -0.497 e. The summed E-state index contributed by atoms with van der Waals surface area (Å²) in [5.41, 5.74) is 0.609. The van der Waals surface area contributed by atoms with E-state index in [-0.39, 0.29) is 12.1 Å². The Labute approximate surface area is 93.8 Å². The molecule has 0 aliphatic carbocycles. The Morgan fingerprint density at radius 2 is 2.38 bits per heavy atom. The van der Waals surface area contributed by atoms with Crippen LogP contribution in [0.1, 0.15) is 23.2 Å². The molecule has 1 amide bonds. The summed E-state index contributed by atoms with van der Waals surface area (Å²) in [6.45, 7) is 0.792. The van der Waals surface area contributed by atoms with Crippen LogP contribution in [0.3, 0.4) is 0 Å². The first-order valence-corrected chi connectivity index (χ1v) is 5.45. The van der Waals surface area contributed by atoms with Gasteiger partial charge in [-0.05, 0) is 24.6 Å². The Bertz CT molecular complexity index is 444. The molecule has 2 heterocycles. The van der Waals surface area contributed by atoms with Crippen LogP contribution in [-0.2, 0) is 0 Å². The van der Waals surface area contributed by atoms with Crippen molar-refractivity contribution in [1.29, 1.82) is 0 Å². The minimum atomic E-state index is -0.0617. The van der Waals surface area contributed by atoms with E-state index in [0.29, 0.717) is 17.1 Å². The standard InChI is InChI=1S/C12H13NO3/c1-15-8-4-5-10-9(7-8)12(14)13-6-2-3-11(13)16-10/h4-5,7,11H,2-3,6H2,1H3. The molecule has 1 aromatic rings. The molecular formula is C12H13NO3. The van der Waals surface area contributed by atoms with Gasteiger partial charge in [0.05, 0.1) is 12.7 Å². The summed E-state index contributed by atoms with van der Waals surface area (Å²) >= 11 is 0. The SMILES string of the molecule is COc1ccc2c(c1)C(=O)N1CCCC1O2. The average Bonchev–Trinajstić information content (AvgIpc) is 2.77. The molecule has 1 unspecified atom stereocenters. The van der Waals surface area contributed by atoms with E-state index in [0.717, 1.165) is 19.4 Å². The summed E-state index contributed by atoms with van der Waals surface area (Å²) in [5.74, 6) is 1.42. The number of carbonyl (C=O) groups excluding carboxylic acids is 1. The van der Waals surface area contributed by atoms with Gasteiger partial charge < -0.3 is 14.4 Å². The maximum atomic E-state index is 12.2. The van der Waals surface area contributed by atoms with Crippen LogP contribution < -0.4 is 9.47 Å². The van der Waals surface area contributed by atoms with Gasteiger partial charge in [0.25, 0.3) is 5.91 Å². The van der Waals surface area contributed by atoms with Gasteiger partial charge in [-0.3, -0.25) is 4.79 Å². The first-order chi connectivity index (χ1) is 7.79. The number of benzene rings is 1. The van der Waals surface area contributed by atoms with Gasteiger partial charge in [0.1, 0.15) is 11.5 Å². The lowest BCUT2D eigenvalue weighted by molar-refractivity contribution is 0.0293. The number of hydrogen-bond donors (Lipinski definition) is 0. The van der Waals surface area contributed by atoms with Gasteiger partial charge in [-0.15, -0.1) is 0 Å². The molecule has 84 valence electrons. The van der Waals surface area contributed by atoms with E-state index < -0.39 is 0 Å². The quantitative estimate of drug-likeness (QED) is 0.721. The fourth-order valence-electron chi connectivity index (χ4n) is 2.30. The number of ether oxygens (including phenoxy) is 2. The van der Waals surface area contributed by atoms with Gasteiger partial charge in [-0.25, -0.2) is 0 Å². The highest BCUT2D eigenvalue weighted by Gasteiger charge is 2.37. The molecule has 1 aromatic carbocycles. The van der Waals surface area contributed by atoms with E-state index in [4.69, 9.17) is 9.47 Å². The van der Waals surface area contributed by atoms with Crippen molar-refractivity contribution in [1.82, 2.24) is 4.90 Å². The molecule has 0 radical (unpaired) electrons. The van der Waals surface area contributed by atoms with E-state index in [9.17, 15) is 4.79 Å². The van der Waals surface area contributed by atoms with Crippen molar-refractivity contribution in [2.45, 2.75) is 19.1 Å². The third kappa shape index (κ3) is 1.26. The molecule has 2 aliphatic rings. The largest absolute Gasteiger partial charge is 0.497 e. The lowest BCUT2D eigenvalue weighted by Gasteiger charge is -2.31. The summed E-state index contributed by atoms with van der Waals surface area (Å²) in [7, 11) is 1.59. The van der Waals surface area contributed by atoms with Crippen LogP contribution in [0.4, 0.5) is 0 Å². The van der Waals surface area contributed by atoms with Crippen LogP contribution in [0.5, 0.6) is 11.5 Å². The Morgan fingerprint density at radius 1 is 1.50 bits per heavy atom. The number of nitrogens with zero attached hydrogens (tertiary/aromatic N) is 1. The third-order valence-corrected chi connectivity index (χ3v) is 3.14. The van der Waals surface area contributed by atoms with Crippen molar-refractivity contribution in [3.05, 3.63) is 23.8 Å². The molecule has 2 aliphatic heterocycles. The van der Waals surface area contributed by atoms with Crippen LogP contribution >= 0.6 is 0 Å². The zero-order chi connectivity index (χ0) is 11.1. The van der Waals surface area contributed by atoms with Crippen molar-refractivity contribution in [2.24, 2.45) is 0 Å². The van der Waals surface area contributed by atoms with Gasteiger partial charge in [0, 0.05) is 13.0 Å². The average molecular weight is 219 g/mol. The van der Waals surface area contributed by atoms with Crippen LogP contribution in [0, 0.1) is 0 Å². The van der Waals surface area contributed by atoms with Crippen LogP contribution in [0.15, 0.2) is 18.2 Å². The van der Waals surface area contributed by atoms with Crippen LogP contribution in [0.2, 0.25) is 0 Å². The fourth-order valence-corrected chi connectivity index (χ4v) is 2.30. The molecule has 0 bridgehead atoms. The Morgan fingerprint density at radius 3 is 3.19 bits per heavy atom. The Kier molecular flexibility index (Phi) is 2.02. The number of rotatable bonds is 1. The van der Waals surface area contributed by atoms with E-state index in [1.54, 1.807) is 18.1 Å². The van der Waals surface area contributed by atoms with Crippen molar-refractivity contribution < 1.29 is 14.3 Å². The number of fused-ring (bicyclic) bond motifs is 2. The number of methoxy groups -OCH3 is 1. The van der Waals surface area contributed by atoms with Crippen molar-refractivity contribution in [3.63, 3.8) is 0 Å². The van der Waals surface area contributed by atoms with Gasteiger partial charge in [-0.2, -0.15) is 0 Å². The summed E-state index contributed by atoms with van der Waals surface area (Å²) in [5, 5.41) is 0. The van der Waals surface area contributed by atoms with Crippen molar-refractivity contribution >= 4 is 5.91 Å². The highest BCUT2D eigenvalue weighted by atomic mass is 16.5. The fraction of sp³-hybridized carbons (Fsp3) is 0.417. The lowest BCUT2D eigenvalue weighted by Crippen LogP contribution is -2.42. The first kappa shape index (κ1) is 9.51. The van der Waals surface area contributed by atoms with E-state index in [1.807, 2.05) is 12.1 Å². The van der Waals surface area contributed by atoms with Crippen LogP contribution in [0.25, 0.3) is 0 Å². The summed E-state index contributed by atoms with van der Waals surface area (Å²) < 4.78 is 10.9. The second kappa shape index (κ2) is 3.40. The molecule has 0 aromatic heterocycles. The number of hydrogen-bond acceptors (Lipinski definition) is 3. The topological polar surface area (TPSA) is 38.8 Å². The summed E-state index contributed by atoms with van der Waals surface area (Å²) in [6, 6.07) is 5.37. The summed E-state index contributed by atoms with van der Waals surface area (Å²) in [4.78, 5) is 14.0.